The van der Waals surface area contributed by atoms with Gasteiger partial charge in [0.05, 0.1) is 23.9 Å². The molecule has 5 nitrogen and oxygen atoms in total. The van der Waals surface area contributed by atoms with Gasteiger partial charge in [0.15, 0.2) is 6.29 Å². The first-order valence-corrected chi connectivity index (χ1v) is 6.43. The van der Waals surface area contributed by atoms with Crippen LogP contribution in [0.1, 0.15) is 38.1 Å². The molecular weight excluding hydrogens is 259 g/mol. The Morgan fingerprint density at radius 3 is 2.20 bits per heavy atom. The third kappa shape index (κ3) is 2.29. The minimum Gasteiger partial charge on any atom is -0.507 e. The molecule has 20 heavy (non-hydrogen) atoms. The lowest BCUT2D eigenvalue weighted by Gasteiger charge is -2.32. The average molecular weight is 278 g/mol. The first-order valence-electron chi connectivity index (χ1n) is 6.43. The highest BCUT2D eigenvalue weighted by Gasteiger charge is 2.52. The second kappa shape index (κ2) is 4.79. The van der Waals surface area contributed by atoms with Gasteiger partial charge in [-0.2, -0.15) is 0 Å². The monoisotopic (exact) mass is 278 g/mol. The first-order chi connectivity index (χ1) is 9.21. The maximum Gasteiger partial charge on any atom is 0.495 e. The fraction of sp³-hybridized carbons (Fsp3) is 0.500. The number of carbonyl (C=O) groups excluding carboxylic acids is 1. The van der Waals surface area contributed by atoms with Gasteiger partial charge in [-0.05, 0) is 33.8 Å². The number of benzene rings is 1. The lowest BCUT2D eigenvalue weighted by Crippen LogP contribution is -2.41. The largest absolute Gasteiger partial charge is 0.507 e. The summed E-state index contributed by atoms with van der Waals surface area (Å²) < 4.78 is 16.9. The van der Waals surface area contributed by atoms with E-state index in [1.807, 2.05) is 27.7 Å². The molecule has 6 heteroatoms. The molecule has 2 rings (SSSR count). The zero-order chi connectivity index (χ0) is 15.1. The number of ether oxygens (including phenoxy) is 1. The molecule has 108 valence electrons. The molecule has 1 heterocycles. The minimum atomic E-state index is -0.721. The number of aromatic hydroxyl groups is 1. The summed E-state index contributed by atoms with van der Waals surface area (Å²) in [5.41, 5.74) is -0.410. The van der Waals surface area contributed by atoms with Crippen LogP contribution in [0.3, 0.4) is 0 Å². The molecule has 1 aromatic carbocycles. The van der Waals surface area contributed by atoms with Crippen molar-refractivity contribution < 1.29 is 23.9 Å². The van der Waals surface area contributed by atoms with Crippen molar-refractivity contribution >= 4 is 18.9 Å². The van der Waals surface area contributed by atoms with Crippen LogP contribution in [0.15, 0.2) is 12.1 Å². The van der Waals surface area contributed by atoms with E-state index >= 15 is 0 Å². The summed E-state index contributed by atoms with van der Waals surface area (Å²) in [7, 11) is 0.768. The molecule has 0 aliphatic carbocycles. The molecule has 0 spiro atoms. The number of phenols is 1. The number of phenolic OH excluding ortho intramolecular Hbond substituents is 1. The van der Waals surface area contributed by atoms with Gasteiger partial charge >= 0.3 is 7.12 Å². The van der Waals surface area contributed by atoms with Gasteiger partial charge in [-0.1, -0.05) is 0 Å². The van der Waals surface area contributed by atoms with Gasteiger partial charge in [0.1, 0.15) is 11.5 Å². The van der Waals surface area contributed by atoms with E-state index < -0.39 is 18.3 Å². The van der Waals surface area contributed by atoms with Crippen molar-refractivity contribution in [3.05, 3.63) is 17.7 Å². The Kier molecular flexibility index (Phi) is 3.56. The van der Waals surface area contributed by atoms with E-state index in [-0.39, 0.29) is 11.3 Å². The minimum absolute atomic E-state index is 0.149. The van der Waals surface area contributed by atoms with E-state index in [0.29, 0.717) is 17.5 Å². The highest BCUT2D eigenvalue weighted by Crippen LogP contribution is 2.37. The van der Waals surface area contributed by atoms with E-state index in [1.165, 1.54) is 13.2 Å². The van der Waals surface area contributed by atoms with E-state index in [0.717, 1.165) is 0 Å². The molecule has 1 aliphatic rings. The SMILES string of the molecule is COc1cc(O)c(C=O)c(B2OC(C)(C)C(C)(C)O2)c1. The lowest BCUT2D eigenvalue weighted by atomic mass is 9.75. The molecule has 1 aliphatic heterocycles. The van der Waals surface area contributed by atoms with Crippen molar-refractivity contribution in [2.45, 2.75) is 38.9 Å². The predicted octanol–water partition coefficient (Wildman–Crippen LogP) is 1.51. The van der Waals surface area contributed by atoms with E-state index in [2.05, 4.69) is 0 Å². The van der Waals surface area contributed by atoms with Crippen molar-refractivity contribution in [3.8, 4) is 11.5 Å². The van der Waals surface area contributed by atoms with Crippen molar-refractivity contribution in [2.75, 3.05) is 7.11 Å². The quantitative estimate of drug-likeness (QED) is 0.670. The van der Waals surface area contributed by atoms with Crippen LogP contribution in [0.5, 0.6) is 11.5 Å². The Balaban J connectivity index is 2.48. The summed E-state index contributed by atoms with van der Waals surface area (Å²) in [5, 5.41) is 9.90. The second-order valence-corrected chi connectivity index (χ2v) is 5.86. The molecule has 1 N–H and O–H groups in total. The Bertz CT molecular complexity index is 523. The highest BCUT2D eigenvalue weighted by molar-refractivity contribution is 6.63. The summed E-state index contributed by atoms with van der Waals surface area (Å²) in [6.45, 7) is 7.70. The van der Waals surface area contributed by atoms with Crippen LogP contribution in [0.25, 0.3) is 0 Å². The summed E-state index contributed by atoms with van der Waals surface area (Å²) in [5.74, 6) is 0.293. The fourth-order valence-corrected chi connectivity index (χ4v) is 2.04. The van der Waals surface area contributed by atoms with Gasteiger partial charge in [-0.15, -0.1) is 0 Å². The summed E-state index contributed by atoms with van der Waals surface area (Å²) in [6.07, 6.45) is 0.592. The van der Waals surface area contributed by atoms with Crippen LogP contribution in [-0.4, -0.2) is 36.8 Å². The lowest BCUT2D eigenvalue weighted by molar-refractivity contribution is 0.00578. The van der Waals surface area contributed by atoms with Gasteiger partial charge in [0.2, 0.25) is 0 Å². The Labute approximate surface area is 119 Å². The molecule has 0 unspecified atom stereocenters. The van der Waals surface area contributed by atoms with E-state index in [9.17, 15) is 9.90 Å². The van der Waals surface area contributed by atoms with Crippen LogP contribution >= 0.6 is 0 Å². The Hall–Kier alpha value is -1.53. The van der Waals surface area contributed by atoms with Crippen molar-refractivity contribution in [3.63, 3.8) is 0 Å². The molecule has 1 saturated heterocycles. The Morgan fingerprint density at radius 1 is 1.20 bits per heavy atom. The number of aldehydes is 1. The highest BCUT2D eigenvalue weighted by atomic mass is 16.7. The smallest absolute Gasteiger partial charge is 0.495 e. The summed E-state index contributed by atoms with van der Waals surface area (Å²) in [6, 6.07) is 3.03. The zero-order valence-corrected chi connectivity index (χ0v) is 12.4. The van der Waals surface area contributed by atoms with Gasteiger partial charge in [-0.3, -0.25) is 4.79 Å². The standard InChI is InChI=1S/C14H19BO5/c1-13(2)14(3,4)20-15(19-13)11-6-9(18-5)7-12(17)10(11)8-16/h6-8,17H,1-5H3. The Morgan fingerprint density at radius 2 is 1.75 bits per heavy atom. The average Bonchev–Trinajstić information content (AvgIpc) is 2.57. The number of rotatable bonds is 3. The second-order valence-electron chi connectivity index (χ2n) is 5.86. The molecule has 0 atom stereocenters. The number of carbonyl (C=O) groups is 1. The molecule has 0 amide bonds. The van der Waals surface area contributed by atoms with Crippen LogP contribution < -0.4 is 10.2 Å². The third-order valence-corrected chi connectivity index (χ3v) is 4.02. The molecule has 0 bridgehead atoms. The van der Waals surface area contributed by atoms with E-state index in [1.54, 1.807) is 6.07 Å². The van der Waals surface area contributed by atoms with Gasteiger partial charge < -0.3 is 19.2 Å². The summed E-state index contributed by atoms with van der Waals surface area (Å²) in [4.78, 5) is 11.2. The van der Waals surface area contributed by atoms with Crippen molar-refractivity contribution in [2.24, 2.45) is 0 Å². The molecule has 0 radical (unpaired) electrons. The van der Waals surface area contributed by atoms with Crippen molar-refractivity contribution in [1.29, 1.82) is 0 Å². The van der Waals surface area contributed by atoms with Gasteiger partial charge in [-0.25, -0.2) is 0 Å². The zero-order valence-electron chi connectivity index (χ0n) is 12.4. The van der Waals surface area contributed by atoms with Gasteiger partial charge in [0.25, 0.3) is 0 Å². The number of hydrogen-bond acceptors (Lipinski definition) is 5. The molecule has 0 saturated carbocycles. The van der Waals surface area contributed by atoms with Crippen molar-refractivity contribution in [1.82, 2.24) is 0 Å². The molecular formula is C14H19BO5. The topological polar surface area (TPSA) is 65.0 Å². The summed E-state index contributed by atoms with van der Waals surface area (Å²) >= 11 is 0. The number of hydrogen-bond donors (Lipinski definition) is 1. The van der Waals surface area contributed by atoms with Crippen LogP contribution in [-0.2, 0) is 9.31 Å². The maximum absolute atomic E-state index is 11.2. The molecule has 0 aromatic heterocycles. The van der Waals surface area contributed by atoms with Crippen LogP contribution in [0, 0.1) is 0 Å². The van der Waals surface area contributed by atoms with Gasteiger partial charge in [0, 0.05) is 11.5 Å². The first kappa shape index (κ1) is 14.9. The maximum atomic E-state index is 11.2. The normalized spacial score (nSPS) is 19.9. The third-order valence-electron chi connectivity index (χ3n) is 4.02. The van der Waals surface area contributed by atoms with Crippen LogP contribution in [0.4, 0.5) is 0 Å². The van der Waals surface area contributed by atoms with Crippen LogP contribution in [0.2, 0.25) is 0 Å². The molecule has 1 fully saturated rings. The predicted molar refractivity (Wildman–Crippen MR) is 75.8 cm³/mol. The molecule has 1 aromatic rings. The number of methoxy groups -OCH3 is 1. The fourth-order valence-electron chi connectivity index (χ4n) is 2.04. The van der Waals surface area contributed by atoms with E-state index in [4.69, 9.17) is 14.0 Å².